The molecular formula is C17H19ClN2O2. The normalized spacial score (nSPS) is 22.1. The van der Waals surface area contributed by atoms with Gasteiger partial charge >= 0.3 is 0 Å². The molecule has 0 N–H and O–H groups in total. The van der Waals surface area contributed by atoms with Crippen molar-refractivity contribution < 1.29 is 9.53 Å². The molecule has 1 aromatic carbocycles. The molecule has 1 amide bonds. The average molecular weight is 319 g/mol. The molecule has 0 aliphatic carbocycles. The van der Waals surface area contributed by atoms with Crippen LogP contribution in [-0.4, -0.2) is 41.1 Å². The molecule has 4 nitrogen and oxygen atoms in total. The fourth-order valence-electron chi connectivity index (χ4n) is 3.02. The van der Waals surface area contributed by atoms with Crippen molar-refractivity contribution in [3.8, 4) is 0 Å². The first-order valence-electron chi connectivity index (χ1n) is 7.45. The van der Waals surface area contributed by atoms with Gasteiger partial charge in [0.15, 0.2) is 0 Å². The number of morpholine rings is 1. The molecule has 0 unspecified atom stereocenters. The number of para-hydroxylation sites is 1. The molecule has 2 aromatic rings. The van der Waals surface area contributed by atoms with Crippen LogP contribution in [-0.2, 0) is 4.74 Å². The zero-order valence-corrected chi connectivity index (χ0v) is 13.7. The number of ether oxygens (including phenoxy) is 1. The van der Waals surface area contributed by atoms with Gasteiger partial charge in [0.1, 0.15) is 5.15 Å². The Kier molecular flexibility index (Phi) is 4.06. The summed E-state index contributed by atoms with van der Waals surface area (Å²) in [7, 11) is 0. The first kappa shape index (κ1) is 15.3. The predicted molar refractivity (Wildman–Crippen MR) is 87.4 cm³/mol. The van der Waals surface area contributed by atoms with E-state index in [0.717, 1.165) is 16.5 Å². The van der Waals surface area contributed by atoms with Crippen molar-refractivity contribution in [1.29, 1.82) is 0 Å². The fraction of sp³-hybridized carbons (Fsp3) is 0.412. The number of benzene rings is 1. The molecule has 0 bridgehead atoms. The van der Waals surface area contributed by atoms with Gasteiger partial charge in [-0.1, -0.05) is 29.8 Å². The Morgan fingerprint density at radius 2 is 2.00 bits per heavy atom. The lowest BCUT2D eigenvalue weighted by atomic mass is 10.1. The summed E-state index contributed by atoms with van der Waals surface area (Å²) in [5.74, 6) is -0.0794. The number of pyridine rings is 1. The van der Waals surface area contributed by atoms with E-state index in [1.807, 2.05) is 49.9 Å². The van der Waals surface area contributed by atoms with Crippen LogP contribution in [0.2, 0.25) is 5.15 Å². The summed E-state index contributed by atoms with van der Waals surface area (Å²) in [4.78, 5) is 19.2. The van der Waals surface area contributed by atoms with Crippen molar-refractivity contribution in [1.82, 2.24) is 9.88 Å². The number of hydrogen-bond donors (Lipinski definition) is 0. The van der Waals surface area contributed by atoms with Gasteiger partial charge in [-0.15, -0.1) is 0 Å². The molecule has 3 rings (SSSR count). The highest BCUT2D eigenvalue weighted by Gasteiger charge is 2.31. The van der Waals surface area contributed by atoms with Gasteiger partial charge < -0.3 is 9.64 Å². The van der Waals surface area contributed by atoms with Crippen LogP contribution in [0, 0.1) is 6.92 Å². The second kappa shape index (κ2) is 5.86. The molecule has 1 saturated heterocycles. The summed E-state index contributed by atoms with van der Waals surface area (Å²) in [6.45, 7) is 7.06. The molecule has 1 fully saturated rings. The Hall–Kier alpha value is -1.65. The molecular weight excluding hydrogens is 300 g/mol. The minimum Gasteiger partial charge on any atom is -0.377 e. The molecule has 116 valence electrons. The highest BCUT2D eigenvalue weighted by molar-refractivity contribution is 6.33. The highest BCUT2D eigenvalue weighted by atomic mass is 35.5. The maximum absolute atomic E-state index is 12.9. The quantitative estimate of drug-likeness (QED) is 0.756. The van der Waals surface area contributed by atoms with Gasteiger partial charge in [-0.2, -0.15) is 0 Å². The van der Waals surface area contributed by atoms with Crippen molar-refractivity contribution >= 4 is 28.4 Å². The summed E-state index contributed by atoms with van der Waals surface area (Å²) < 4.78 is 5.48. The monoisotopic (exact) mass is 318 g/mol. The van der Waals surface area contributed by atoms with E-state index in [4.69, 9.17) is 16.3 Å². The smallest absolute Gasteiger partial charge is 0.257 e. The summed E-state index contributed by atoms with van der Waals surface area (Å²) in [6.07, 6.45) is 0. The minimum atomic E-state index is -0.0794. The molecule has 1 aliphatic heterocycles. The van der Waals surface area contributed by atoms with Crippen LogP contribution in [0.3, 0.4) is 0 Å². The van der Waals surface area contributed by atoms with E-state index in [-0.39, 0.29) is 23.1 Å². The number of nitrogens with zero attached hydrogens (tertiary/aromatic N) is 2. The molecule has 2 atom stereocenters. The van der Waals surface area contributed by atoms with Crippen molar-refractivity contribution in [2.24, 2.45) is 0 Å². The molecule has 0 saturated carbocycles. The van der Waals surface area contributed by atoms with Gasteiger partial charge in [-0.25, -0.2) is 4.98 Å². The van der Waals surface area contributed by atoms with Crippen molar-refractivity contribution in [2.75, 3.05) is 13.2 Å². The lowest BCUT2D eigenvalue weighted by Crippen LogP contribution is -2.52. The number of fused-ring (bicyclic) bond motifs is 1. The van der Waals surface area contributed by atoms with E-state index in [9.17, 15) is 4.79 Å². The van der Waals surface area contributed by atoms with Crippen LogP contribution in [0.25, 0.3) is 10.9 Å². The number of halogens is 1. The Labute approximate surface area is 135 Å². The Balaban J connectivity index is 2.05. The largest absolute Gasteiger partial charge is 0.377 e. The van der Waals surface area contributed by atoms with Gasteiger partial charge in [-0.05, 0) is 32.4 Å². The number of aryl methyl sites for hydroxylation is 1. The van der Waals surface area contributed by atoms with Crippen molar-refractivity contribution in [2.45, 2.75) is 32.9 Å². The second-order valence-electron chi connectivity index (χ2n) is 5.92. The average Bonchev–Trinajstić information content (AvgIpc) is 2.47. The summed E-state index contributed by atoms with van der Waals surface area (Å²) in [5.41, 5.74) is 2.35. The predicted octanol–water partition coefficient (Wildman–Crippen LogP) is 3.45. The van der Waals surface area contributed by atoms with Gasteiger partial charge in [0.05, 0.1) is 36.4 Å². The summed E-state index contributed by atoms with van der Waals surface area (Å²) in [6, 6.07) is 7.80. The van der Waals surface area contributed by atoms with E-state index < -0.39 is 0 Å². The topological polar surface area (TPSA) is 42.4 Å². The van der Waals surface area contributed by atoms with E-state index in [1.54, 1.807) is 0 Å². The van der Waals surface area contributed by atoms with Crippen molar-refractivity contribution in [3.05, 3.63) is 40.5 Å². The number of aromatic nitrogens is 1. The molecule has 5 heteroatoms. The molecule has 2 heterocycles. The fourth-order valence-corrected chi connectivity index (χ4v) is 3.24. The van der Waals surface area contributed by atoms with Gasteiger partial charge in [0.2, 0.25) is 0 Å². The second-order valence-corrected chi connectivity index (χ2v) is 6.28. The molecule has 0 spiro atoms. The van der Waals surface area contributed by atoms with Crippen LogP contribution in [0.4, 0.5) is 0 Å². The molecule has 1 aliphatic rings. The van der Waals surface area contributed by atoms with E-state index in [2.05, 4.69) is 4.98 Å². The maximum Gasteiger partial charge on any atom is 0.257 e. The lowest BCUT2D eigenvalue weighted by Gasteiger charge is -2.38. The highest BCUT2D eigenvalue weighted by Crippen LogP contribution is 2.26. The Morgan fingerprint density at radius 1 is 1.32 bits per heavy atom. The molecule has 1 aromatic heterocycles. The van der Waals surface area contributed by atoms with Gasteiger partial charge in [0.25, 0.3) is 5.91 Å². The summed E-state index contributed by atoms with van der Waals surface area (Å²) in [5, 5.41) is 1.19. The lowest BCUT2D eigenvalue weighted by molar-refractivity contribution is -0.0249. The molecule has 22 heavy (non-hydrogen) atoms. The number of carbonyl (C=O) groups is 1. The number of hydrogen-bond acceptors (Lipinski definition) is 3. The molecule has 0 radical (unpaired) electrons. The van der Waals surface area contributed by atoms with Crippen molar-refractivity contribution in [3.63, 3.8) is 0 Å². The number of amides is 1. The Morgan fingerprint density at radius 3 is 2.68 bits per heavy atom. The van der Waals surface area contributed by atoms with Crippen LogP contribution in [0.1, 0.15) is 29.8 Å². The van der Waals surface area contributed by atoms with Gasteiger partial charge in [0, 0.05) is 5.39 Å². The van der Waals surface area contributed by atoms with E-state index in [0.29, 0.717) is 18.8 Å². The van der Waals surface area contributed by atoms with Crippen LogP contribution < -0.4 is 0 Å². The van der Waals surface area contributed by atoms with Crippen LogP contribution in [0.15, 0.2) is 24.3 Å². The first-order valence-corrected chi connectivity index (χ1v) is 7.83. The first-order chi connectivity index (χ1) is 10.5. The number of carbonyl (C=O) groups excluding carboxylic acids is 1. The zero-order valence-electron chi connectivity index (χ0n) is 13.0. The Bertz CT molecular complexity index is 722. The van der Waals surface area contributed by atoms with Gasteiger partial charge in [-0.3, -0.25) is 4.79 Å². The van der Waals surface area contributed by atoms with Crippen LogP contribution >= 0.6 is 11.6 Å². The van der Waals surface area contributed by atoms with Crippen LogP contribution in [0.5, 0.6) is 0 Å². The van der Waals surface area contributed by atoms with E-state index in [1.165, 1.54) is 0 Å². The minimum absolute atomic E-state index is 0.0283. The third kappa shape index (κ3) is 2.57. The maximum atomic E-state index is 12.9. The standard InChI is InChI=1S/C17H19ClN2O2/c1-10-5-4-6-13-7-14(16(18)19-15(10)13)17(21)20-11(2)8-22-9-12(20)3/h4-7,11-12H,8-9H2,1-3H3/t11-,12-/m1/s1. The number of rotatable bonds is 1. The van der Waals surface area contributed by atoms with E-state index >= 15 is 0 Å². The third-order valence-electron chi connectivity index (χ3n) is 4.13. The zero-order chi connectivity index (χ0) is 15.9. The third-order valence-corrected chi connectivity index (χ3v) is 4.42. The SMILES string of the molecule is Cc1cccc2cc(C(=O)N3[C@H](C)COC[C@H]3C)c(Cl)nc12. The summed E-state index contributed by atoms with van der Waals surface area (Å²) >= 11 is 6.29.